The minimum Gasteiger partial charge on any atom is -0.302 e. The molecule has 88 valence electrons. The van der Waals surface area contributed by atoms with Crippen molar-refractivity contribution in [2.75, 3.05) is 20.1 Å². The van der Waals surface area contributed by atoms with Crippen LogP contribution >= 0.6 is 0 Å². The van der Waals surface area contributed by atoms with Crippen LogP contribution in [0.1, 0.15) is 40.5 Å². The zero-order valence-corrected chi connectivity index (χ0v) is 10.8. The van der Waals surface area contributed by atoms with Gasteiger partial charge in [-0.2, -0.15) is 5.26 Å². The number of rotatable bonds is 7. The minimum absolute atomic E-state index is 0.00916. The quantitative estimate of drug-likeness (QED) is 0.700. The summed E-state index contributed by atoms with van der Waals surface area (Å²) >= 11 is 0. The van der Waals surface area contributed by atoms with E-state index in [1.165, 1.54) is 0 Å². The first-order chi connectivity index (χ1) is 6.97. The van der Waals surface area contributed by atoms with Crippen LogP contribution in [0.3, 0.4) is 0 Å². The van der Waals surface area contributed by atoms with Crippen molar-refractivity contribution >= 4 is 0 Å². The van der Waals surface area contributed by atoms with Crippen LogP contribution in [0, 0.1) is 11.3 Å². The van der Waals surface area contributed by atoms with Crippen LogP contribution in [-0.2, 0) is 0 Å². The van der Waals surface area contributed by atoms with Crippen molar-refractivity contribution in [1.82, 2.24) is 10.2 Å². The fraction of sp³-hybridized carbons (Fsp3) is 0.917. The van der Waals surface area contributed by atoms with Crippen molar-refractivity contribution in [3.8, 4) is 6.07 Å². The summed E-state index contributed by atoms with van der Waals surface area (Å²) in [5.41, 5.74) is 0.228. The van der Waals surface area contributed by atoms with E-state index < -0.39 is 0 Å². The first-order valence-corrected chi connectivity index (χ1v) is 5.82. The molecule has 0 spiro atoms. The average Bonchev–Trinajstić information content (AvgIpc) is 2.23. The van der Waals surface area contributed by atoms with E-state index in [2.05, 4.69) is 44.1 Å². The Morgan fingerprint density at radius 2 is 2.00 bits per heavy atom. The van der Waals surface area contributed by atoms with Crippen LogP contribution in [-0.4, -0.2) is 36.6 Å². The minimum atomic E-state index is -0.00916. The van der Waals surface area contributed by atoms with Crippen molar-refractivity contribution in [3.63, 3.8) is 0 Å². The van der Waals surface area contributed by atoms with Crippen molar-refractivity contribution in [2.45, 2.75) is 52.1 Å². The van der Waals surface area contributed by atoms with Gasteiger partial charge >= 0.3 is 0 Å². The highest BCUT2D eigenvalue weighted by Crippen LogP contribution is 2.16. The lowest BCUT2D eigenvalue weighted by Gasteiger charge is -2.35. The van der Waals surface area contributed by atoms with Crippen molar-refractivity contribution < 1.29 is 0 Å². The monoisotopic (exact) mass is 211 g/mol. The molecule has 0 radical (unpaired) electrons. The summed E-state index contributed by atoms with van der Waals surface area (Å²) in [4.78, 5) is 2.33. The molecule has 3 nitrogen and oxygen atoms in total. The van der Waals surface area contributed by atoms with E-state index in [9.17, 15) is 0 Å². The Labute approximate surface area is 94.5 Å². The van der Waals surface area contributed by atoms with E-state index >= 15 is 0 Å². The highest BCUT2D eigenvalue weighted by molar-refractivity contribution is 4.90. The fourth-order valence-electron chi connectivity index (χ4n) is 1.35. The molecule has 0 aliphatic carbocycles. The van der Waals surface area contributed by atoms with E-state index in [1.807, 2.05) is 6.92 Å². The molecule has 0 saturated heterocycles. The molecule has 0 saturated carbocycles. The summed E-state index contributed by atoms with van der Waals surface area (Å²) in [6, 6.07) is 2.28. The predicted octanol–water partition coefficient (Wildman–Crippen LogP) is 2.00. The zero-order valence-electron chi connectivity index (χ0n) is 10.8. The van der Waals surface area contributed by atoms with Gasteiger partial charge in [-0.05, 0) is 40.3 Å². The number of nitrogens with one attached hydrogen (secondary N) is 1. The molecule has 3 heteroatoms. The smallest absolute Gasteiger partial charge is 0.0965 e. The van der Waals surface area contributed by atoms with Gasteiger partial charge in [-0.25, -0.2) is 0 Å². The van der Waals surface area contributed by atoms with Crippen molar-refractivity contribution in [1.29, 1.82) is 5.26 Å². The van der Waals surface area contributed by atoms with Crippen LogP contribution < -0.4 is 5.32 Å². The largest absolute Gasteiger partial charge is 0.302 e. The van der Waals surface area contributed by atoms with Gasteiger partial charge in [-0.15, -0.1) is 0 Å². The van der Waals surface area contributed by atoms with Gasteiger partial charge in [-0.3, -0.25) is 0 Å². The lowest BCUT2D eigenvalue weighted by molar-refractivity contribution is 0.147. The Kier molecular flexibility index (Phi) is 6.55. The van der Waals surface area contributed by atoms with Gasteiger partial charge in [0.1, 0.15) is 0 Å². The summed E-state index contributed by atoms with van der Waals surface area (Å²) in [6.07, 6.45) is 2.02. The van der Waals surface area contributed by atoms with Gasteiger partial charge in [0, 0.05) is 12.1 Å². The molecular weight excluding hydrogens is 186 g/mol. The second-order valence-corrected chi connectivity index (χ2v) is 4.62. The Hall–Kier alpha value is -0.590. The summed E-state index contributed by atoms with van der Waals surface area (Å²) in [6.45, 7) is 10.5. The molecule has 1 atom stereocenters. The number of nitrogens with zero attached hydrogens (tertiary/aromatic N) is 2. The van der Waals surface area contributed by atoms with E-state index in [-0.39, 0.29) is 11.6 Å². The second kappa shape index (κ2) is 6.81. The molecule has 0 aromatic rings. The van der Waals surface area contributed by atoms with Crippen molar-refractivity contribution in [2.24, 2.45) is 0 Å². The fourth-order valence-corrected chi connectivity index (χ4v) is 1.35. The normalized spacial score (nSPS) is 13.9. The number of hydrogen-bond acceptors (Lipinski definition) is 3. The van der Waals surface area contributed by atoms with E-state index in [1.54, 1.807) is 0 Å². The summed E-state index contributed by atoms with van der Waals surface area (Å²) in [7, 11) is 2.13. The van der Waals surface area contributed by atoms with E-state index in [4.69, 9.17) is 5.26 Å². The average molecular weight is 211 g/mol. The molecule has 0 aromatic heterocycles. The first-order valence-electron chi connectivity index (χ1n) is 5.82. The van der Waals surface area contributed by atoms with Gasteiger partial charge < -0.3 is 10.2 Å². The Balaban J connectivity index is 3.99. The second-order valence-electron chi connectivity index (χ2n) is 4.62. The Morgan fingerprint density at radius 3 is 2.40 bits per heavy atom. The van der Waals surface area contributed by atoms with Crippen LogP contribution in [0.5, 0.6) is 0 Å². The Morgan fingerprint density at radius 1 is 1.40 bits per heavy atom. The molecule has 0 amide bonds. The first kappa shape index (κ1) is 14.4. The number of hydrogen-bond donors (Lipinski definition) is 1. The molecule has 0 fully saturated rings. The van der Waals surface area contributed by atoms with Gasteiger partial charge in [-0.1, -0.05) is 13.8 Å². The summed E-state index contributed by atoms with van der Waals surface area (Å²) in [5, 5.41) is 12.1. The maximum atomic E-state index is 8.90. The molecule has 1 N–H and O–H groups in total. The van der Waals surface area contributed by atoms with E-state index in [0.717, 1.165) is 25.9 Å². The highest BCUT2D eigenvalue weighted by atomic mass is 15.2. The summed E-state index contributed by atoms with van der Waals surface area (Å²) < 4.78 is 0. The molecular formula is C12H25N3. The lowest BCUT2D eigenvalue weighted by Crippen LogP contribution is -2.43. The molecule has 15 heavy (non-hydrogen) atoms. The van der Waals surface area contributed by atoms with Crippen LogP contribution in [0.4, 0.5) is 0 Å². The SMILES string of the molecule is CCNC(C#N)CCN(C)C(C)(C)CC. The van der Waals surface area contributed by atoms with Crippen LogP contribution in [0.15, 0.2) is 0 Å². The lowest BCUT2D eigenvalue weighted by atomic mass is 9.99. The third-order valence-electron chi connectivity index (χ3n) is 3.26. The summed E-state index contributed by atoms with van der Waals surface area (Å²) in [5.74, 6) is 0. The molecule has 1 unspecified atom stereocenters. The molecule has 0 bridgehead atoms. The van der Waals surface area contributed by atoms with E-state index in [0.29, 0.717) is 0 Å². The molecule has 0 aliphatic rings. The third kappa shape index (κ3) is 5.15. The van der Waals surface area contributed by atoms with Crippen LogP contribution in [0.2, 0.25) is 0 Å². The zero-order chi connectivity index (χ0) is 11.9. The van der Waals surface area contributed by atoms with Crippen molar-refractivity contribution in [3.05, 3.63) is 0 Å². The number of nitriles is 1. The van der Waals surface area contributed by atoms with Crippen LogP contribution in [0.25, 0.3) is 0 Å². The molecule has 0 rings (SSSR count). The maximum absolute atomic E-state index is 8.90. The standard InChI is InChI=1S/C12H25N3/c1-6-12(3,4)15(5)9-8-11(10-13)14-7-2/h11,14H,6-9H2,1-5H3. The third-order valence-corrected chi connectivity index (χ3v) is 3.26. The molecule has 0 aromatic carbocycles. The molecule has 0 heterocycles. The topological polar surface area (TPSA) is 39.1 Å². The maximum Gasteiger partial charge on any atom is 0.0965 e. The highest BCUT2D eigenvalue weighted by Gasteiger charge is 2.21. The van der Waals surface area contributed by atoms with Gasteiger partial charge in [0.2, 0.25) is 0 Å². The van der Waals surface area contributed by atoms with Gasteiger partial charge in [0.05, 0.1) is 12.1 Å². The van der Waals surface area contributed by atoms with Gasteiger partial charge in [0.25, 0.3) is 0 Å². The van der Waals surface area contributed by atoms with Gasteiger partial charge in [0.15, 0.2) is 0 Å². The molecule has 0 aliphatic heterocycles. The predicted molar refractivity (Wildman–Crippen MR) is 64.7 cm³/mol. The Bertz CT molecular complexity index is 205.